The van der Waals surface area contributed by atoms with Gasteiger partial charge in [-0.25, -0.2) is 4.79 Å². The van der Waals surface area contributed by atoms with Crippen LogP contribution in [0.3, 0.4) is 0 Å². The van der Waals surface area contributed by atoms with E-state index in [0.717, 1.165) is 37.1 Å². The molecule has 0 saturated heterocycles. The van der Waals surface area contributed by atoms with E-state index < -0.39 is 11.5 Å². The van der Waals surface area contributed by atoms with Crippen molar-refractivity contribution in [3.8, 4) is 5.75 Å². The van der Waals surface area contributed by atoms with Gasteiger partial charge in [0.25, 0.3) is 0 Å². The molecule has 3 aromatic carbocycles. The zero-order valence-electron chi connectivity index (χ0n) is 23.0. The fourth-order valence-corrected chi connectivity index (χ4v) is 7.40. The van der Waals surface area contributed by atoms with Crippen LogP contribution >= 0.6 is 11.6 Å². The molecule has 2 aliphatic carbocycles. The second kappa shape index (κ2) is 11.6. The van der Waals surface area contributed by atoms with Gasteiger partial charge < -0.3 is 15.2 Å². The zero-order valence-corrected chi connectivity index (χ0v) is 23.8. The molecule has 1 aromatic heterocycles. The van der Waals surface area contributed by atoms with E-state index >= 15 is 0 Å². The number of hydrogen-bond acceptors (Lipinski definition) is 4. The normalized spacial score (nSPS) is 24.0. The Hall–Kier alpha value is -3.83. The second-order valence-corrected chi connectivity index (χ2v) is 12.0. The molecule has 6 rings (SSSR count). The van der Waals surface area contributed by atoms with Crippen LogP contribution in [0.2, 0.25) is 5.02 Å². The average molecular weight is 567 g/mol. The summed E-state index contributed by atoms with van der Waals surface area (Å²) in [5.41, 5.74) is 3.71. The average Bonchev–Trinajstić information content (AvgIpc) is 3.30. The van der Waals surface area contributed by atoms with Crippen LogP contribution in [0.4, 0.5) is 5.69 Å². The first-order valence-electron chi connectivity index (χ1n) is 14.4. The van der Waals surface area contributed by atoms with E-state index in [9.17, 15) is 9.90 Å². The number of hydrogen-bond donors (Lipinski definition) is 2. The minimum absolute atomic E-state index is 0.0742. The molecule has 5 nitrogen and oxygen atoms in total. The highest BCUT2D eigenvalue weighted by Gasteiger charge is 2.54. The first-order chi connectivity index (χ1) is 20.0. The van der Waals surface area contributed by atoms with Gasteiger partial charge in [0.2, 0.25) is 0 Å². The predicted molar refractivity (Wildman–Crippen MR) is 163 cm³/mol. The SMILES string of the molecule is O=C(O)C1(Nc2cccc(Cl)c2)CCC2(CC1)c1ccccc1CC2C[C@H](COc1ccncc1)c1ccccc1. The van der Waals surface area contributed by atoms with Crippen molar-refractivity contribution >= 4 is 23.3 Å². The largest absolute Gasteiger partial charge is 0.493 e. The Morgan fingerprint density at radius 2 is 1.68 bits per heavy atom. The summed E-state index contributed by atoms with van der Waals surface area (Å²) >= 11 is 6.22. The number of aromatic nitrogens is 1. The highest BCUT2D eigenvalue weighted by atomic mass is 35.5. The first-order valence-corrected chi connectivity index (χ1v) is 14.8. The van der Waals surface area contributed by atoms with E-state index in [1.807, 2.05) is 24.3 Å². The van der Waals surface area contributed by atoms with Crippen molar-refractivity contribution in [3.63, 3.8) is 0 Å². The number of nitrogens with one attached hydrogen (secondary N) is 1. The molecular weight excluding hydrogens is 532 g/mol. The number of anilines is 1. The molecule has 0 radical (unpaired) electrons. The number of carboxylic acid groups (broad SMARTS) is 1. The van der Waals surface area contributed by atoms with Gasteiger partial charge in [-0.3, -0.25) is 4.98 Å². The Bertz CT molecular complexity index is 1490. The number of carboxylic acids is 1. The van der Waals surface area contributed by atoms with Gasteiger partial charge in [-0.15, -0.1) is 0 Å². The smallest absolute Gasteiger partial charge is 0.329 e. The van der Waals surface area contributed by atoms with Crippen LogP contribution in [-0.4, -0.2) is 28.2 Å². The lowest BCUT2D eigenvalue weighted by Gasteiger charge is -2.47. The number of fused-ring (bicyclic) bond motifs is 2. The number of carbonyl (C=O) groups is 1. The summed E-state index contributed by atoms with van der Waals surface area (Å²) in [7, 11) is 0. The summed E-state index contributed by atoms with van der Waals surface area (Å²) in [6, 6.07) is 30.6. The fourth-order valence-electron chi connectivity index (χ4n) is 7.21. The van der Waals surface area contributed by atoms with Crippen LogP contribution < -0.4 is 10.1 Å². The van der Waals surface area contributed by atoms with Gasteiger partial charge in [0, 0.05) is 29.0 Å². The summed E-state index contributed by atoms with van der Waals surface area (Å²) in [5, 5.41) is 14.4. The predicted octanol–water partition coefficient (Wildman–Crippen LogP) is 7.91. The van der Waals surface area contributed by atoms with Crippen LogP contribution in [0.15, 0.2) is 103 Å². The van der Waals surface area contributed by atoms with Gasteiger partial charge in [0.1, 0.15) is 11.3 Å². The molecule has 1 heterocycles. The lowest BCUT2D eigenvalue weighted by atomic mass is 9.59. The summed E-state index contributed by atoms with van der Waals surface area (Å²) in [6.07, 6.45) is 8.17. The van der Waals surface area contributed by atoms with Crippen molar-refractivity contribution in [2.24, 2.45) is 5.92 Å². The quantitative estimate of drug-likeness (QED) is 0.215. The molecule has 41 heavy (non-hydrogen) atoms. The third kappa shape index (κ3) is 5.56. The molecule has 0 aliphatic heterocycles. The van der Waals surface area contributed by atoms with Gasteiger partial charge in [-0.2, -0.15) is 0 Å². The number of aliphatic carboxylic acids is 1. The highest BCUT2D eigenvalue weighted by molar-refractivity contribution is 6.30. The Kier molecular flexibility index (Phi) is 7.72. The molecule has 1 saturated carbocycles. The Morgan fingerprint density at radius 1 is 0.951 bits per heavy atom. The maximum atomic E-state index is 12.8. The fraction of sp³-hybridized carbons (Fsp3) is 0.314. The molecule has 0 amide bonds. The summed E-state index contributed by atoms with van der Waals surface area (Å²) in [6.45, 7) is 0.576. The van der Waals surface area contributed by atoms with Crippen molar-refractivity contribution in [1.82, 2.24) is 4.98 Å². The first kappa shape index (κ1) is 27.3. The van der Waals surface area contributed by atoms with Gasteiger partial charge in [-0.05, 0) is 96.9 Å². The molecular formula is C35H35ClN2O3. The van der Waals surface area contributed by atoms with Crippen molar-refractivity contribution < 1.29 is 14.6 Å². The third-order valence-electron chi connectivity index (χ3n) is 9.36. The molecule has 0 bridgehead atoms. The molecule has 2 atom stereocenters. The number of pyridine rings is 1. The van der Waals surface area contributed by atoms with Crippen molar-refractivity contribution in [2.75, 3.05) is 11.9 Å². The Balaban J connectivity index is 1.28. The monoisotopic (exact) mass is 566 g/mol. The van der Waals surface area contributed by atoms with Gasteiger partial charge in [0.05, 0.1) is 6.61 Å². The minimum Gasteiger partial charge on any atom is -0.493 e. The second-order valence-electron chi connectivity index (χ2n) is 11.6. The van der Waals surface area contributed by atoms with Gasteiger partial charge in [-0.1, -0.05) is 72.3 Å². The van der Waals surface area contributed by atoms with Crippen molar-refractivity contribution in [1.29, 1.82) is 0 Å². The highest BCUT2D eigenvalue weighted by Crippen LogP contribution is 2.56. The number of rotatable bonds is 9. The van der Waals surface area contributed by atoms with Crippen LogP contribution in [0.25, 0.3) is 0 Å². The molecule has 2 aliphatic rings. The van der Waals surface area contributed by atoms with E-state index in [-0.39, 0.29) is 11.3 Å². The molecule has 1 spiro atoms. The van der Waals surface area contributed by atoms with Crippen molar-refractivity contribution in [3.05, 3.63) is 125 Å². The lowest BCUT2D eigenvalue weighted by molar-refractivity contribution is -0.144. The minimum atomic E-state index is -1.03. The van der Waals surface area contributed by atoms with Crippen LogP contribution in [0, 0.1) is 5.92 Å². The number of halogens is 1. The number of nitrogens with zero attached hydrogens (tertiary/aromatic N) is 1. The summed E-state index contributed by atoms with van der Waals surface area (Å²) < 4.78 is 6.29. The number of benzene rings is 3. The topological polar surface area (TPSA) is 71.5 Å². The number of ether oxygens (including phenoxy) is 1. The molecule has 2 N–H and O–H groups in total. The van der Waals surface area contributed by atoms with E-state index in [2.05, 4.69) is 64.9 Å². The molecule has 4 aromatic rings. The van der Waals surface area contributed by atoms with E-state index in [4.69, 9.17) is 16.3 Å². The molecule has 1 fully saturated rings. The maximum absolute atomic E-state index is 12.8. The third-order valence-corrected chi connectivity index (χ3v) is 9.59. The standard InChI is InChI=1S/C35H35ClN2O3/c36-29-10-6-11-30(23-29)38-35(33(39)40)17-15-34(16-18-35)28(21-26-9-4-5-12-32(26)34)22-27(25-7-2-1-3-8-25)24-41-31-13-19-37-20-14-31/h1-14,19-20,23,27-28,38H,15-18,21-22,24H2,(H,39,40)/t27-,28?,34?,35?/m1/s1. The van der Waals surface area contributed by atoms with Crippen molar-refractivity contribution in [2.45, 2.75) is 55.4 Å². The summed E-state index contributed by atoms with van der Waals surface area (Å²) in [4.78, 5) is 16.9. The van der Waals surface area contributed by atoms with Crippen LogP contribution in [-0.2, 0) is 16.6 Å². The Labute approximate surface area is 246 Å². The van der Waals surface area contributed by atoms with Gasteiger partial charge >= 0.3 is 5.97 Å². The zero-order chi connectivity index (χ0) is 28.3. The molecule has 210 valence electrons. The molecule has 6 heteroatoms. The lowest BCUT2D eigenvalue weighted by Crippen LogP contribution is -2.53. The van der Waals surface area contributed by atoms with Crippen LogP contribution in [0.1, 0.15) is 54.7 Å². The molecule has 1 unspecified atom stereocenters. The van der Waals surface area contributed by atoms with Crippen LogP contribution in [0.5, 0.6) is 5.75 Å². The van der Waals surface area contributed by atoms with E-state index in [1.165, 1.54) is 16.7 Å². The van der Waals surface area contributed by atoms with Gasteiger partial charge in [0.15, 0.2) is 0 Å². The maximum Gasteiger partial charge on any atom is 0.329 e. The summed E-state index contributed by atoms with van der Waals surface area (Å²) in [5.74, 6) is 0.602. The Morgan fingerprint density at radius 3 is 2.41 bits per heavy atom. The van der Waals surface area contributed by atoms with E-state index in [0.29, 0.717) is 30.4 Å². The van der Waals surface area contributed by atoms with E-state index in [1.54, 1.807) is 24.5 Å².